The van der Waals surface area contributed by atoms with E-state index in [1.54, 1.807) is 0 Å². The van der Waals surface area contributed by atoms with E-state index in [0.29, 0.717) is 11.7 Å². The first kappa shape index (κ1) is 12.8. The molecule has 1 unspecified atom stereocenters. The minimum Gasteiger partial charge on any atom is -0.388 e. The van der Waals surface area contributed by atoms with E-state index in [-0.39, 0.29) is 12.5 Å². The number of hydrogen-bond acceptors (Lipinski definition) is 3. The van der Waals surface area contributed by atoms with Crippen molar-refractivity contribution in [2.45, 2.75) is 33.3 Å². The largest absolute Gasteiger partial charge is 0.388 e. The molecule has 2 rings (SSSR count). The fraction of sp³-hybridized carbons (Fsp3) is 0.429. The highest BCUT2D eigenvalue weighted by atomic mass is 16.3. The molecule has 1 aromatic carbocycles. The minimum absolute atomic E-state index is 0.104. The van der Waals surface area contributed by atoms with Gasteiger partial charge in [0, 0.05) is 11.6 Å². The molecular formula is C14H19N3O. The smallest absolute Gasteiger partial charge is 0.163 e. The molecule has 1 atom stereocenters. The Morgan fingerprint density at radius 3 is 2.33 bits per heavy atom. The lowest BCUT2D eigenvalue weighted by molar-refractivity contribution is 0.268. The van der Waals surface area contributed by atoms with Crippen molar-refractivity contribution in [2.24, 2.45) is 5.92 Å². The molecule has 0 bridgehead atoms. The Bertz CT molecular complexity index is 505. The van der Waals surface area contributed by atoms with E-state index < -0.39 is 0 Å². The summed E-state index contributed by atoms with van der Waals surface area (Å²) in [4.78, 5) is 0. The van der Waals surface area contributed by atoms with E-state index in [0.717, 1.165) is 11.5 Å². The van der Waals surface area contributed by atoms with Gasteiger partial charge in [0.2, 0.25) is 0 Å². The van der Waals surface area contributed by atoms with Crippen molar-refractivity contribution in [3.8, 4) is 5.69 Å². The van der Waals surface area contributed by atoms with E-state index in [1.165, 1.54) is 0 Å². The predicted molar refractivity (Wildman–Crippen MR) is 70.5 cm³/mol. The Hall–Kier alpha value is -1.68. The number of aliphatic hydroxyl groups excluding tert-OH is 1. The predicted octanol–water partition coefficient (Wildman–Crippen LogP) is 2.52. The van der Waals surface area contributed by atoms with Gasteiger partial charge in [0.25, 0.3) is 0 Å². The maximum Gasteiger partial charge on any atom is 0.163 e. The van der Waals surface area contributed by atoms with Crippen molar-refractivity contribution in [3.05, 3.63) is 42.0 Å². The summed E-state index contributed by atoms with van der Waals surface area (Å²) in [5.41, 5.74) is 0.994. The number of rotatable bonds is 4. The van der Waals surface area contributed by atoms with Crippen molar-refractivity contribution in [1.82, 2.24) is 14.8 Å². The van der Waals surface area contributed by atoms with E-state index in [2.05, 4.69) is 31.0 Å². The molecule has 0 spiro atoms. The molecule has 1 N–H and O–H groups in total. The summed E-state index contributed by atoms with van der Waals surface area (Å²) in [5.74, 6) is 2.25. The van der Waals surface area contributed by atoms with E-state index in [1.807, 2.05) is 34.9 Å². The molecule has 0 amide bonds. The Kier molecular flexibility index (Phi) is 3.77. The molecule has 96 valence electrons. The fourth-order valence-corrected chi connectivity index (χ4v) is 1.88. The Labute approximate surface area is 107 Å². The Morgan fingerprint density at radius 2 is 1.78 bits per heavy atom. The molecule has 0 saturated heterocycles. The second-order valence-corrected chi connectivity index (χ2v) is 4.84. The Morgan fingerprint density at radius 1 is 1.11 bits per heavy atom. The number of nitrogens with zero attached hydrogens (tertiary/aromatic N) is 3. The van der Waals surface area contributed by atoms with Crippen LogP contribution >= 0.6 is 0 Å². The summed E-state index contributed by atoms with van der Waals surface area (Å²) in [6.07, 6.45) is 0. The SMILES string of the molecule is CC(C)C(C)c1nnc(CO)n1-c1ccccc1. The molecule has 18 heavy (non-hydrogen) atoms. The van der Waals surface area contributed by atoms with Gasteiger partial charge in [0.1, 0.15) is 12.4 Å². The monoisotopic (exact) mass is 245 g/mol. The van der Waals surface area contributed by atoms with Crippen molar-refractivity contribution in [1.29, 1.82) is 0 Å². The summed E-state index contributed by atoms with van der Waals surface area (Å²) >= 11 is 0. The Balaban J connectivity index is 2.53. The van der Waals surface area contributed by atoms with Crippen molar-refractivity contribution < 1.29 is 5.11 Å². The second kappa shape index (κ2) is 5.31. The average molecular weight is 245 g/mol. The zero-order valence-electron chi connectivity index (χ0n) is 11.0. The third-order valence-electron chi connectivity index (χ3n) is 3.32. The summed E-state index contributed by atoms with van der Waals surface area (Å²) in [6, 6.07) is 9.91. The molecule has 1 heterocycles. The first-order chi connectivity index (χ1) is 8.65. The van der Waals surface area contributed by atoms with Crippen molar-refractivity contribution in [2.75, 3.05) is 0 Å². The molecule has 1 aromatic heterocycles. The van der Waals surface area contributed by atoms with Crippen LogP contribution in [0.1, 0.15) is 38.3 Å². The lowest BCUT2D eigenvalue weighted by Crippen LogP contribution is -2.12. The molecule has 2 aromatic rings. The third kappa shape index (κ3) is 2.29. The summed E-state index contributed by atoms with van der Waals surface area (Å²) < 4.78 is 1.95. The summed E-state index contributed by atoms with van der Waals surface area (Å²) in [5, 5.41) is 17.7. The van der Waals surface area contributed by atoms with Gasteiger partial charge in [0.05, 0.1) is 0 Å². The maximum absolute atomic E-state index is 9.39. The number of para-hydroxylation sites is 1. The van der Waals surface area contributed by atoms with Gasteiger partial charge < -0.3 is 5.11 Å². The van der Waals surface area contributed by atoms with Gasteiger partial charge in [-0.25, -0.2) is 0 Å². The van der Waals surface area contributed by atoms with Gasteiger partial charge in [0.15, 0.2) is 5.82 Å². The van der Waals surface area contributed by atoms with Gasteiger partial charge in [-0.3, -0.25) is 4.57 Å². The quantitative estimate of drug-likeness (QED) is 0.900. The highest BCUT2D eigenvalue weighted by Gasteiger charge is 2.20. The molecule has 0 saturated carbocycles. The molecule has 4 heteroatoms. The molecular weight excluding hydrogens is 226 g/mol. The number of aliphatic hydroxyl groups is 1. The zero-order chi connectivity index (χ0) is 13.1. The molecule has 0 fully saturated rings. The van der Waals surface area contributed by atoms with Crippen LogP contribution in [0.15, 0.2) is 30.3 Å². The van der Waals surface area contributed by atoms with Crippen LogP contribution in [0.5, 0.6) is 0 Å². The third-order valence-corrected chi connectivity index (χ3v) is 3.32. The molecule has 0 aliphatic carbocycles. The van der Waals surface area contributed by atoms with Crippen LogP contribution in [0.2, 0.25) is 0 Å². The molecule has 0 aliphatic heterocycles. The first-order valence-corrected chi connectivity index (χ1v) is 6.25. The van der Waals surface area contributed by atoms with Crippen molar-refractivity contribution >= 4 is 0 Å². The van der Waals surface area contributed by atoms with Crippen LogP contribution in [0.25, 0.3) is 5.69 Å². The number of aromatic nitrogens is 3. The van der Waals surface area contributed by atoms with Crippen LogP contribution in [-0.2, 0) is 6.61 Å². The first-order valence-electron chi connectivity index (χ1n) is 6.25. The molecule has 0 aliphatic rings. The normalized spacial score (nSPS) is 12.9. The highest BCUT2D eigenvalue weighted by Crippen LogP contribution is 2.25. The van der Waals surface area contributed by atoms with Crippen LogP contribution in [0.3, 0.4) is 0 Å². The summed E-state index contributed by atoms with van der Waals surface area (Å²) in [6.45, 7) is 6.35. The van der Waals surface area contributed by atoms with Crippen LogP contribution in [-0.4, -0.2) is 19.9 Å². The van der Waals surface area contributed by atoms with E-state index in [9.17, 15) is 5.11 Å². The summed E-state index contributed by atoms with van der Waals surface area (Å²) in [7, 11) is 0. The highest BCUT2D eigenvalue weighted by molar-refractivity contribution is 5.34. The van der Waals surface area contributed by atoms with Crippen LogP contribution in [0, 0.1) is 5.92 Å². The minimum atomic E-state index is -0.104. The number of benzene rings is 1. The van der Waals surface area contributed by atoms with Crippen molar-refractivity contribution in [3.63, 3.8) is 0 Å². The maximum atomic E-state index is 9.39. The lowest BCUT2D eigenvalue weighted by Gasteiger charge is -2.17. The zero-order valence-corrected chi connectivity index (χ0v) is 11.0. The average Bonchev–Trinajstić information content (AvgIpc) is 2.82. The number of hydrogen-bond donors (Lipinski definition) is 1. The molecule has 0 radical (unpaired) electrons. The fourth-order valence-electron chi connectivity index (χ4n) is 1.88. The molecule has 4 nitrogen and oxygen atoms in total. The van der Waals surface area contributed by atoms with E-state index >= 15 is 0 Å². The van der Waals surface area contributed by atoms with Gasteiger partial charge in [-0.1, -0.05) is 39.0 Å². The van der Waals surface area contributed by atoms with Gasteiger partial charge in [-0.05, 0) is 18.1 Å². The van der Waals surface area contributed by atoms with Gasteiger partial charge >= 0.3 is 0 Å². The lowest BCUT2D eigenvalue weighted by atomic mass is 9.97. The van der Waals surface area contributed by atoms with Crippen LogP contribution in [0.4, 0.5) is 0 Å². The standard InChI is InChI=1S/C14H19N3O/c1-10(2)11(3)14-16-15-13(9-18)17(14)12-7-5-4-6-8-12/h4-8,10-11,18H,9H2,1-3H3. The topological polar surface area (TPSA) is 50.9 Å². The second-order valence-electron chi connectivity index (χ2n) is 4.84. The van der Waals surface area contributed by atoms with E-state index in [4.69, 9.17) is 0 Å². The van der Waals surface area contributed by atoms with Gasteiger partial charge in [-0.2, -0.15) is 0 Å². The van der Waals surface area contributed by atoms with Crippen LogP contribution < -0.4 is 0 Å². The van der Waals surface area contributed by atoms with Gasteiger partial charge in [-0.15, -0.1) is 10.2 Å².